The Morgan fingerprint density at radius 2 is 1.60 bits per heavy atom. The smallest absolute Gasteiger partial charge is 0.0743 e. The highest BCUT2D eigenvalue weighted by molar-refractivity contribution is 4.79. The van der Waals surface area contributed by atoms with Crippen molar-refractivity contribution in [1.82, 2.24) is 9.80 Å². The van der Waals surface area contributed by atoms with E-state index < -0.39 is 5.60 Å². The van der Waals surface area contributed by atoms with Gasteiger partial charge >= 0.3 is 0 Å². The maximum atomic E-state index is 9.99. The van der Waals surface area contributed by atoms with Gasteiger partial charge in [-0.2, -0.15) is 0 Å². The Balaban J connectivity index is 2.25. The van der Waals surface area contributed by atoms with Crippen LogP contribution in [0.25, 0.3) is 0 Å². The number of piperazine rings is 1. The van der Waals surface area contributed by atoms with Gasteiger partial charge in [0.1, 0.15) is 0 Å². The molecule has 0 bridgehead atoms. The van der Waals surface area contributed by atoms with Gasteiger partial charge in [-0.15, -0.1) is 0 Å². The molecule has 0 aromatic rings. The molecule has 3 nitrogen and oxygen atoms in total. The van der Waals surface area contributed by atoms with Crippen molar-refractivity contribution in [1.29, 1.82) is 0 Å². The Bertz CT molecular complexity index is 174. The highest BCUT2D eigenvalue weighted by atomic mass is 16.3. The minimum Gasteiger partial charge on any atom is -0.389 e. The first-order chi connectivity index (χ1) is 7.07. The molecule has 0 saturated carbocycles. The van der Waals surface area contributed by atoms with E-state index in [1.807, 2.05) is 13.8 Å². The van der Waals surface area contributed by atoms with Crippen molar-refractivity contribution in [2.75, 3.05) is 39.3 Å². The van der Waals surface area contributed by atoms with Crippen LogP contribution in [-0.2, 0) is 0 Å². The molecule has 0 aromatic heterocycles. The lowest BCUT2D eigenvalue weighted by atomic mass is 10.0. The fraction of sp³-hybridized carbons (Fsp3) is 1.00. The highest BCUT2D eigenvalue weighted by Crippen LogP contribution is 2.12. The molecule has 1 fully saturated rings. The van der Waals surface area contributed by atoms with Crippen LogP contribution in [-0.4, -0.2) is 59.8 Å². The van der Waals surface area contributed by atoms with E-state index in [4.69, 9.17) is 0 Å². The number of β-amino-alcohol motifs (C(OH)–C–C–N with tert-alkyl or cyclic N) is 1. The highest BCUT2D eigenvalue weighted by Gasteiger charge is 2.24. The molecular weight excluding hydrogens is 188 g/mol. The number of aliphatic hydroxyl groups is 1. The molecule has 1 saturated heterocycles. The molecule has 3 heteroatoms. The standard InChI is InChI=1S/C12H26N2O/c1-4-6-13-7-9-14(10-8-13)11-12(3,15)5-2/h15H,4-11H2,1-3H3. The van der Waals surface area contributed by atoms with Crippen LogP contribution < -0.4 is 0 Å². The van der Waals surface area contributed by atoms with E-state index in [2.05, 4.69) is 16.7 Å². The van der Waals surface area contributed by atoms with Crippen molar-refractivity contribution in [2.45, 2.75) is 39.2 Å². The zero-order valence-electron chi connectivity index (χ0n) is 10.5. The number of rotatable bonds is 5. The molecule has 1 N–H and O–H groups in total. The average molecular weight is 214 g/mol. The van der Waals surface area contributed by atoms with Gasteiger partial charge in [0.15, 0.2) is 0 Å². The van der Waals surface area contributed by atoms with Gasteiger partial charge in [-0.25, -0.2) is 0 Å². The fourth-order valence-corrected chi connectivity index (χ4v) is 2.08. The van der Waals surface area contributed by atoms with Gasteiger partial charge in [0.25, 0.3) is 0 Å². The minimum absolute atomic E-state index is 0.507. The van der Waals surface area contributed by atoms with Gasteiger partial charge in [0.2, 0.25) is 0 Å². The average Bonchev–Trinajstić information content (AvgIpc) is 2.21. The number of hydrogen-bond acceptors (Lipinski definition) is 3. The third-order valence-electron chi connectivity index (χ3n) is 3.33. The normalized spacial score (nSPS) is 24.0. The Morgan fingerprint density at radius 3 is 2.07 bits per heavy atom. The van der Waals surface area contributed by atoms with Crippen molar-refractivity contribution >= 4 is 0 Å². The van der Waals surface area contributed by atoms with E-state index in [-0.39, 0.29) is 0 Å². The summed E-state index contributed by atoms with van der Waals surface area (Å²) in [5, 5.41) is 9.99. The summed E-state index contributed by atoms with van der Waals surface area (Å²) >= 11 is 0. The molecule has 1 atom stereocenters. The molecular formula is C12H26N2O. The first kappa shape index (κ1) is 12.9. The second-order valence-corrected chi connectivity index (χ2v) is 4.97. The minimum atomic E-state index is -0.507. The molecule has 90 valence electrons. The van der Waals surface area contributed by atoms with Crippen molar-refractivity contribution in [2.24, 2.45) is 0 Å². The predicted molar refractivity (Wildman–Crippen MR) is 64.1 cm³/mol. The zero-order chi connectivity index (χ0) is 11.3. The molecule has 1 unspecified atom stereocenters. The van der Waals surface area contributed by atoms with E-state index in [1.165, 1.54) is 13.0 Å². The van der Waals surface area contributed by atoms with Crippen LogP contribution >= 0.6 is 0 Å². The quantitative estimate of drug-likeness (QED) is 0.744. The van der Waals surface area contributed by atoms with Gasteiger partial charge in [0, 0.05) is 32.7 Å². The van der Waals surface area contributed by atoms with Gasteiger partial charge in [-0.1, -0.05) is 13.8 Å². The molecule has 0 amide bonds. The summed E-state index contributed by atoms with van der Waals surface area (Å²) in [5.41, 5.74) is -0.507. The van der Waals surface area contributed by atoms with E-state index >= 15 is 0 Å². The van der Waals surface area contributed by atoms with Crippen molar-refractivity contribution in [3.8, 4) is 0 Å². The molecule has 0 aliphatic carbocycles. The molecule has 15 heavy (non-hydrogen) atoms. The Labute approximate surface area is 94.1 Å². The van der Waals surface area contributed by atoms with Crippen molar-refractivity contribution < 1.29 is 5.11 Å². The topological polar surface area (TPSA) is 26.7 Å². The lowest BCUT2D eigenvalue weighted by Crippen LogP contribution is -2.51. The SMILES string of the molecule is CCCN1CCN(CC(C)(O)CC)CC1. The summed E-state index contributed by atoms with van der Waals surface area (Å²) in [6, 6.07) is 0. The zero-order valence-corrected chi connectivity index (χ0v) is 10.5. The molecule has 0 spiro atoms. The Hall–Kier alpha value is -0.120. The predicted octanol–water partition coefficient (Wildman–Crippen LogP) is 1.18. The maximum Gasteiger partial charge on any atom is 0.0743 e. The van der Waals surface area contributed by atoms with Crippen LogP contribution in [0, 0.1) is 0 Å². The summed E-state index contributed by atoms with van der Waals surface area (Å²) < 4.78 is 0. The second-order valence-electron chi connectivity index (χ2n) is 4.97. The van der Waals surface area contributed by atoms with Gasteiger partial charge in [-0.05, 0) is 26.3 Å². The van der Waals surface area contributed by atoms with Crippen LogP contribution in [0.3, 0.4) is 0 Å². The van der Waals surface area contributed by atoms with E-state index in [9.17, 15) is 5.11 Å². The van der Waals surface area contributed by atoms with Crippen molar-refractivity contribution in [3.05, 3.63) is 0 Å². The largest absolute Gasteiger partial charge is 0.389 e. The monoisotopic (exact) mass is 214 g/mol. The summed E-state index contributed by atoms with van der Waals surface area (Å²) in [6.45, 7) is 12.8. The number of nitrogens with zero attached hydrogens (tertiary/aromatic N) is 2. The first-order valence-corrected chi connectivity index (χ1v) is 6.24. The van der Waals surface area contributed by atoms with Crippen LogP contribution in [0.5, 0.6) is 0 Å². The summed E-state index contributed by atoms with van der Waals surface area (Å²) in [7, 11) is 0. The van der Waals surface area contributed by atoms with E-state index in [0.29, 0.717) is 0 Å². The Kier molecular flexibility index (Phi) is 5.03. The van der Waals surface area contributed by atoms with Crippen LogP contribution in [0.2, 0.25) is 0 Å². The maximum absolute atomic E-state index is 9.99. The van der Waals surface area contributed by atoms with Gasteiger partial charge in [0.05, 0.1) is 5.60 Å². The molecule has 1 heterocycles. The van der Waals surface area contributed by atoms with E-state index in [0.717, 1.165) is 39.1 Å². The number of hydrogen-bond donors (Lipinski definition) is 1. The van der Waals surface area contributed by atoms with Crippen LogP contribution in [0.15, 0.2) is 0 Å². The first-order valence-electron chi connectivity index (χ1n) is 6.24. The third-order valence-corrected chi connectivity index (χ3v) is 3.33. The van der Waals surface area contributed by atoms with Crippen molar-refractivity contribution in [3.63, 3.8) is 0 Å². The summed E-state index contributed by atoms with van der Waals surface area (Å²) in [4.78, 5) is 4.90. The van der Waals surface area contributed by atoms with Crippen LogP contribution in [0.1, 0.15) is 33.6 Å². The Morgan fingerprint density at radius 1 is 1.07 bits per heavy atom. The second kappa shape index (κ2) is 5.83. The van der Waals surface area contributed by atoms with Gasteiger partial charge < -0.3 is 10.0 Å². The van der Waals surface area contributed by atoms with E-state index in [1.54, 1.807) is 0 Å². The molecule has 1 rings (SSSR count). The fourth-order valence-electron chi connectivity index (χ4n) is 2.08. The third kappa shape index (κ3) is 4.49. The molecule has 1 aliphatic rings. The summed E-state index contributed by atoms with van der Waals surface area (Å²) in [6.07, 6.45) is 2.08. The lowest BCUT2D eigenvalue weighted by molar-refractivity contribution is 0.00151. The summed E-state index contributed by atoms with van der Waals surface area (Å²) in [5.74, 6) is 0. The molecule has 0 radical (unpaired) electrons. The molecule has 1 aliphatic heterocycles. The van der Waals surface area contributed by atoms with Gasteiger partial charge in [-0.3, -0.25) is 4.90 Å². The van der Waals surface area contributed by atoms with Crippen LogP contribution in [0.4, 0.5) is 0 Å². The molecule has 0 aromatic carbocycles. The lowest BCUT2D eigenvalue weighted by Gasteiger charge is -2.38.